The number of halogens is 2. The van der Waals surface area contributed by atoms with Crippen LogP contribution in [-0.2, 0) is 0 Å². The first-order chi connectivity index (χ1) is 8.12. The molecule has 6 heteroatoms. The molecule has 1 aliphatic heterocycles. The van der Waals surface area contributed by atoms with Crippen molar-refractivity contribution >= 4 is 6.09 Å². The molecule has 0 radical (unpaired) electrons. The largest absolute Gasteiger partial charge is 0.465 e. The minimum Gasteiger partial charge on any atom is -0.465 e. The zero-order valence-corrected chi connectivity index (χ0v) is 11.2. The van der Waals surface area contributed by atoms with Crippen LogP contribution in [0.2, 0.25) is 0 Å². The first-order valence-electron chi connectivity index (χ1n) is 6.22. The molecule has 0 aromatic rings. The summed E-state index contributed by atoms with van der Waals surface area (Å²) in [6.45, 7) is 7.02. The summed E-state index contributed by atoms with van der Waals surface area (Å²) in [6.07, 6.45) is -1.23. The average molecular weight is 264 g/mol. The Bertz CT molecular complexity index is 293. The number of rotatable bonds is 3. The number of carboxylic acid groups (broad SMARTS) is 1. The third-order valence-corrected chi connectivity index (χ3v) is 3.27. The highest BCUT2D eigenvalue weighted by Gasteiger charge is 2.34. The molecule has 1 rings (SSSR count). The Morgan fingerprint density at radius 3 is 2.22 bits per heavy atom. The SMILES string of the molecule is CC(C)(C)N(CCN1CCC(F)(F)CC1)C(=O)O. The third-order valence-electron chi connectivity index (χ3n) is 3.27. The second-order valence-electron chi connectivity index (χ2n) is 5.80. The second kappa shape index (κ2) is 5.38. The summed E-state index contributed by atoms with van der Waals surface area (Å²) in [5.41, 5.74) is -0.467. The Balaban J connectivity index is 2.43. The zero-order valence-electron chi connectivity index (χ0n) is 11.2. The van der Waals surface area contributed by atoms with Gasteiger partial charge < -0.3 is 14.9 Å². The van der Waals surface area contributed by atoms with Crippen LogP contribution in [-0.4, -0.2) is 58.6 Å². The van der Waals surface area contributed by atoms with Crippen LogP contribution in [0.5, 0.6) is 0 Å². The van der Waals surface area contributed by atoms with Crippen LogP contribution in [0.4, 0.5) is 13.6 Å². The van der Waals surface area contributed by atoms with E-state index >= 15 is 0 Å². The van der Waals surface area contributed by atoms with Gasteiger partial charge in [-0.3, -0.25) is 0 Å². The maximum absolute atomic E-state index is 13.0. The van der Waals surface area contributed by atoms with Crippen molar-refractivity contribution in [3.63, 3.8) is 0 Å². The average Bonchev–Trinajstić information content (AvgIpc) is 2.18. The van der Waals surface area contributed by atoms with Gasteiger partial charge in [0.1, 0.15) is 0 Å². The van der Waals surface area contributed by atoms with Crippen LogP contribution in [0.25, 0.3) is 0 Å². The summed E-state index contributed by atoms with van der Waals surface area (Å²) in [7, 11) is 0. The van der Waals surface area contributed by atoms with Crippen LogP contribution in [0.3, 0.4) is 0 Å². The van der Waals surface area contributed by atoms with E-state index in [1.807, 2.05) is 25.7 Å². The van der Waals surface area contributed by atoms with E-state index in [1.54, 1.807) is 0 Å². The normalized spacial score (nSPS) is 20.7. The van der Waals surface area contributed by atoms with Crippen molar-refractivity contribution in [2.75, 3.05) is 26.2 Å². The van der Waals surface area contributed by atoms with Gasteiger partial charge in [-0.05, 0) is 20.8 Å². The van der Waals surface area contributed by atoms with E-state index in [4.69, 9.17) is 5.11 Å². The third kappa shape index (κ3) is 4.40. The van der Waals surface area contributed by atoms with Gasteiger partial charge in [0.05, 0.1) is 0 Å². The lowest BCUT2D eigenvalue weighted by atomic mass is 10.1. The predicted molar refractivity (Wildman–Crippen MR) is 65.1 cm³/mol. The van der Waals surface area contributed by atoms with Gasteiger partial charge in [0.2, 0.25) is 0 Å². The summed E-state index contributed by atoms with van der Waals surface area (Å²) in [5, 5.41) is 9.11. The van der Waals surface area contributed by atoms with Gasteiger partial charge in [0.15, 0.2) is 0 Å². The fraction of sp³-hybridized carbons (Fsp3) is 0.917. The van der Waals surface area contributed by atoms with Crippen molar-refractivity contribution in [1.29, 1.82) is 0 Å². The van der Waals surface area contributed by atoms with E-state index in [9.17, 15) is 13.6 Å². The molecule has 0 aliphatic carbocycles. The van der Waals surface area contributed by atoms with E-state index < -0.39 is 17.6 Å². The molecule has 0 spiro atoms. The second-order valence-corrected chi connectivity index (χ2v) is 5.80. The molecule has 0 aromatic heterocycles. The molecule has 1 fully saturated rings. The monoisotopic (exact) mass is 264 g/mol. The summed E-state index contributed by atoms with van der Waals surface area (Å²) < 4.78 is 25.9. The van der Waals surface area contributed by atoms with E-state index in [2.05, 4.69) is 0 Å². The summed E-state index contributed by atoms with van der Waals surface area (Å²) in [6, 6.07) is 0. The Kier molecular flexibility index (Phi) is 4.53. The van der Waals surface area contributed by atoms with Crippen molar-refractivity contribution < 1.29 is 18.7 Å². The molecule has 0 atom stereocenters. The fourth-order valence-corrected chi connectivity index (χ4v) is 2.06. The van der Waals surface area contributed by atoms with Gasteiger partial charge in [-0.1, -0.05) is 0 Å². The highest BCUT2D eigenvalue weighted by molar-refractivity contribution is 5.65. The Labute approximate surface area is 107 Å². The highest BCUT2D eigenvalue weighted by Crippen LogP contribution is 2.27. The van der Waals surface area contributed by atoms with E-state index in [0.29, 0.717) is 26.2 Å². The topological polar surface area (TPSA) is 43.8 Å². The number of amides is 1. The minimum atomic E-state index is -2.55. The maximum Gasteiger partial charge on any atom is 0.407 e. The minimum absolute atomic E-state index is 0.129. The van der Waals surface area contributed by atoms with Gasteiger partial charge in [-0.15, -0.1) is 0 Å². The van der Waals surface area contributed by atoms with E-state index in [1.165, 1.54) is 4.90 Å². The number of hydrogen-bond acceptors (Lipinski definition) is 2. The van der Waals surface area contributed by atoms with E-state index in [0.717, 1.165) is 0 Å². The van der Waals surface area contributed by atoms with E-state index in [-0.39, 0.29) is 12.8 Å². The Morgan fingerprint density at radius 1 is 1.33 bits per heavy atom. The molecule has 1 saturated heterocycles. The van der Waals surface area contributed by atoms with Gasteiger partial charge in [-0.25, -0.2) is 13.6 Å². The highest BCUT2D eigenvalue weighted by atomic mass is 19.3. The van der Waals surface area contributed by atoms with Gasteiger partial charge in [-0.2, -0.15) is 0 Å². The van der Waals surface area contributed by atoms with Crippen LogP contribution < -0.4 is 0 Å². The Hall–Kier alpha value is -0.910. The summed E-state index contributed by atoms with van der Waals surface area (Å²) in [5.74, 6) is -2.55. The molecule has 0 saturated carbocycles. The smallest absolute Gasteiger partial charge is 0.407 e. The molecule has 106 valence electrons. The maximum atomic E-state index is 13.0. The molecule has 18 heavy (non-hydrogen) atoms. The predicted octanol–water partition coefficient (Wildman–Crippen LogP) is 2.50. The molecule has 4 nitrogen and oxygen atoms in total. The standard InChI is InChI=1S/C12H22F2N2O2/c1-11(2,3)16(10(17)18)9-8-15-6-4-12(13,14)5-7-15/h4-9H2,1-3H3,(H,17,18). The number of likely N-dealkylation sites (tertiary alicyclic amines) is 1. The summed E-state index contributed by atoms with van der Waals surface area (Å²) in [4.78, 5) is 14.4. The lowest BCUT2D eigenvalue weighted by Crippen LogP contribution is -2.50. The molecule has 1 aliphatic rings. The van der Waals surface area contributed by atoms with Crippen molar-refractivity contribution in [2.45, 2.75) is 45.1 Å². The number of piperidine rings is 1. The molecular formula is C12H22F2N2O2. The van der Waals surface area contributed by atoms with Crippen molar-refractivity contribution in [3.05, 3.63) is 0 Å². The Morgan fingerprint density at radius 2 is 1.83 bits per heavy atom. The van der Waals surface area contributed by atoms with Gasteiger partial charge in [0, 0.05) is 44.6 Å². The first kappa shape index (κ1) is 15.1. The molecule has 0 aromatic carbocycles. The molecule has 1 amide bonds. The number of nitrogens with zero attached hydrogens (tertiary/aromatic N) is 2. The molecule has 1 N–H and O–H groups in total. The van der Waals surface area contributed by atoms with Crippen LogP contribution in [0.1, 0.15) is 33.6 Å². The number of carbonyl (C=O) groups is 1. The number of hydrogen-bond donors (Lipinski definition) is 1. The van der Waals surface area contributed by atoms with Crippen molar-refractivity contribution in [1.82, 2.24) is 9.80 Å². The molecule has 0 unspecified atom stereocenters. The molecule has 1 heterocycles. The quantitative estimate of drug-likeness (QED) is 0.851. The van der Waals surface area contributed by atoms with Gasteiger partial charge >= 0.3 is 6.09 Å². The molecular weight excluding hydrogens is 242 g/mol. The van der Waals surface area contributed by atoms with Crippen LogP contribution >= 0.6 is 0 Å². The van der Waals surface area contributed by atoms with Gasteiger partial charge in [0.25, 0.3) is 5.92 Å². The van der Waals surface area contributed by atoms with Crippen LogP contribution in [0, 0.1) is 0 Å². The number of alkyl halides is 2. The summed E-state index contributed by atoms with van der Waals surface area (Å²) >= 11 is 0. The fourth-order valence-electron chi connectivity index (χ4n) is 2.06. The van der Waals surface area contributed by atoms with Crippen molar-refractivity contribution in [2.24, 2.45) is 0 Å². The first-order valence-corrected chi connectivity index (χ1v) is 6.22. The van der Waals surface area contributed by atoms with Crippen LogP contribution in [0.15, 0.2) is 0 Å². The van der Waals surface area contributed by atoms with Crippen molar-refractivity contribution in [3.8, 4) is 0 Å². The lowest BCUT2D eigenvalue weighted by molar-refractivity contribution is -0.0567. The molecule has 0 bridgehead atoms. The lowest BCUT2D eigenvalue weighted by Gasteiger charge is -2.37. The zero-order chi connectivity index (χ0) is 14.0.